The minimum atomic E-state index is -0.955. The Labute approximate surface area is 89.7 Å². The number of carbonyl (C=O) groups excluding carboxylic acids is 1. The highest BCUT2D eigenvalue weighted by Crippen LogP contribution is 2.61. The Bertz CT molecular complexity index is 386. The number of allylic oxidation sites excluding steroid dienone is 3. The highest BCUT2D eigenvalue weighted by Gasteiger charge is 2.66. The monoisotopic (exact) mass is 204 g/mol. The molecule has 3 aliphatic carbocycles. The van der Waals surface area contributed by atoms with Crippen molar-refractivity contribution >= 4 is 5.78 Å². The smallest absolute Gasteiger partial charge is 0.153 e. The Balaban J connectivity index is 2.18. The quantitative estimate of drug-likeness (QED) is 0.660. The van der Waals surface area contributed by atoms with Crippen LogP contribution in [0.5, 0.6) is 0 Å². The number of hydrogen-bond acceptors (Lipinski definition) is 2. The zero-order valence-corrected chi connectivity index (χ0v) is 9.10. The van der Waals surface area contributed by atoms with Gasteiger partial charge in [0.05, 0.1) is 11.0 Å². The summed E-state index contributed by atoms with van der Waals surface area (Å²) in [6.45, 7) is 3.51. The van der Waals surface area contributed by atoms with Crippen molar-refractivity contribution in [3.05, 3.63) is 24.3 Å². The zero-order valence-electron chi connectivity index (χ0n) is 9.10. The Morgan fingerprint density at radius 3 is 2.87 bits per heavy atom. The second kappa shape index (κ2) is 2.43. The summed E-state index contributed by atoms with van der Waals surface area (Å²) in [6.07, 6.45) is 9.24. The van der Waals surface area contributed by atoms with E-state index in [1.165, 1.54) is 0 Å². The van der Waals surface area contributed by atoms with Gasteiger partial charge in [-0.2, -0.15) is 0 Å². The molecule has 0 aromatic carbocycles. The van der Waals surface area contributed by atoms with Gasteiger partial charge in [-0.3, -0.25) is 4.79 Å². The van der Waals surface area contributed by atoms with Crippen LogP contribution in [0.2, 0.25) is 0 Å². The summed E-state index contributed by atoms with van der Waals surface area (Å²) >= 11 is 0. The highest BCUT2D eigenvalue weighted by atomic mass is 16.3. The minimum absolute atomic E-state index is 0.0522. The van der Waals surface area contributed by atoms with Crippen LogP contribution in [0.4, 0.5) is 0 Å². The number of ketones is 1. The summed E-state index contributed by atoms with van der Waals surface area (Å²) in [5.41, 5.74) is -1.60. The van der Waals surface area contributed by atoms with E-state index in [4.69, 9.17) is 0 Å². The second-order valence-corrected chi connectivity index (χ2v) is 5.53. The summed E-state index contributed by atoms with van der Waals surface area (Å²) in [5.74, 6) is 0.916. The van der Waals surface area contributed by atoms with E-state index < -0.39 is 11.0 Å². The predicted octanol–water partition coefficient (Wildman–Crippen LogP) is 1.70. The first-order valence-electron chi connectivity index (χ1n) is 5.61. The van der Waals surface area contributed by atoms with Gasteiger partial charge in [-0.1, -0.05) is 24.3 Å². The van der Waals surface area contributed by atoms with Crippen molar-refractivity contribution in [1.82, 2.24) is 0 Å². The van der Waals surface area contributed by atoms with Gasteiger partial charge < -0.3 is 5.11 Å². The van der Waals surface area contributed by atoms with Crippen LogP contribution in [0.3, 0.4) is 0 Å². The van der Waals surface area contributed by atoms with Crippen LogP contribution in [0, 0.1) is 23.2 Å². The van der Waals surface area contributed by atoms with Gasteiger partial charge in [0.15, 0.2) is 5.78 Å². The van der Waals surface area contributed by atoms with E-state index in [0.717, 1.165) is 6.42 Å². The Hall–Kier alpha value is -0.890. The number of aliphatic hydroxyl groups is 1. The molecule has 1 fully saturated rings. The van der Waals surface area contributed by atoms with Gasteiger partial charge in [0.2, 0.25) is 0 Å². The number of carbonyl (C=O) groups is 1. The summed E-state index contributed by atoms with van der Waals surface area (Å²) in [7, 11) is 0. The van der Waals surface area contributed by atoms with Gasteiger partial charge >= 0.3 is 0 Å². The molecule has 4 atom stereocenters. The normalized spacial score (nSPS) is 46.6. The number of rotatable bonds is 1. The van der Waals surface area contributed by atoms with Crippen LogP contribution < -0.4 is 0 Å². The topological polar surface area (TPSA) is 37.3 Å². The van der Waals surface area contributed by atoms with E-state index in [1.54, 1.807) is 13.8 Å². The van der Waals surface area contributed by atoms with Gasteiger partial charge in [0.25, 0.3) is 0 Å². The molecule has 0 saturated heterocycles. The molecular formula is C13H16O2. The lowest BCUT2D eigenvalue weighted by atomic mass is 9.65. The summed E-state index contributed by atoms with van der Waals surface area (Å²) < 4.78 is 0. The largest absolute Gasteiger partial charge is 0.389 e. The molecule has 0 heterocycles. The Morgan fingerprint density at radius 1 is 1.47 bits per heavy atom. The maximum absolute atomic E-state index is 12.3. The van der Waals surface area contributed by atoms with E-state index in [2.05, 4.69) is 12.2 Å². The third kappa shape index (κ3) is 0.832. The average Bonchev–Trinajstić information content (AvgIpc) is 2.74. The average molecular weight is 204 g/mol. The van der Waals surface area contributed by atoms with E-state index in [1.807, 2.05) is 12.2 Å². The number of Topliss-reactive ketones (excluding diaryl/α,β-unsaturated/α-hetero) is 1. The van der Waals surface area contributed by atoms with Gasteiger partial charge in [0.1, 0.15) is 0 Å². The SMILES string of the molecule is CC(C)(O)[C@@]12C=C[C@@H](C1=O)[C@@H]1CC=C[C@@H]12. The molecular weight excluding hydrogens is 188 g/mol. The molecule has 0 aromatic heterocycles. The first kappa shape index (κ1) is 9.34. The van der Waals surface area contributed by atoms with E-state index >= 15 is 0 Å². The van der Waals surface area contributed by atoms with Crippen molar-refractivity contribution in [2.24, 2.45) is 23.2 Å². The molecule has 3 aliphatic rings. The molecule has 0 aliphatic heterocycles. The van der Waals surface area contributed by atoms with E-state index in [0.29, 0.717) is 5.92 Å². The van der Waals surface area contributed by atoms with Crippen LogP contribution in [0.25, 0.3) is 0 Å². The second-order valence-electron chi connectivity index (χ2n) is 5.53. The number of fused-ring (bicyclic) bond motifs is 5. The van der Waals surface area contributed by atoms with Crippen LogP contribution in [-0.2, 0) is 4.79 Å². The van der Waals surface area contributed by atoms with Crippen LogP contribution >= 0.6 is 0 Å². The molecule has 0 spiro atoms. The summed E-state index contributed by atoms with van der Waals surface area (Å²) in [6, 6.07) is 0. The maximum Gasteiger partial charge on any atom is 0.153 e. The van der Waals surface area contributed by atoms with E-state index in [-0.39, 0.29) is 17.6 Å². The third-order valence-corrected chi connectivity index (χ3v) is 4.49. The molecule has 0 radical (unpaired) electrons. The summed E-state index contributed by atoms with van der Waals surface area (Å²) in [5, 5.41) is 10.3. The van der Waals surface area contributed by atoms with Gasteiger partial charge in [0, 0.05) is 5.92 Å². The molecule has 0 amide bonds. The van der Waals surface area contributed by atoms with Crippen molar-refractivity contribution in [2.45, 2.75) is 25.9 Å². The molecule has 0 aromatic rings. The molecule has 3 rings (SSSR count). The van der Waals surface area contributed by atoms with Crippen LogP contribution in [0.1, 0.15) is 20.3 Å². The van der Waals surface area contributed by atoms with Gasteiger partial charge in [-0.15, -0.1) is 0 Å². The van der Waals surface area contributed by atoms with Gasteiger partial charge in [-0.05, 0) is 32.1 Å². The first-order chi connectivity index (χ1) is 6.98. The molecule has 2 heteroatoms. The fourth-order valence-electron chi connectivity index (χ4n) is 3.76. The zero-order chi connectivity index (χ0) is 10.8. The Kier molecular flexibility index (Phi) is 1.52. The molecule has 1 N–H and O–H groups in total. The fraction of sp³-hybridized carbons (Fsp3) is 0.615. The molecule has 2 bridgehead atoms. The molecule has 2 nitrogen and oxygen atoms in total. The highest BCUT2D eigenvalue weighted by molar-refractivity contribution is 5.97. The fourth-order valence-corrected chi connectivity index (χ4v) is 3.76. The maximum atomic E-state index is 12.3. The number of hydrogen-bond donors (Lipinski definition) is 1. The van der Waals surface area contributed by atoms with Crippen molar-refractivity contribution in [2.75, 3.05) is 0 Å². The summed E-state index contributed by atoms with van der Waals surface area (Å²) in [4.78, 5) is 12.3. The van der Waals surface area contributed by atoms with Crippen molar-refractivity contribution < 1.29 is 9.90 Å². The Morgan fingerprint density at radius 2 is 2.20 bits per heavy atom. The van der Waals surface area contributed by atoms with Crippen LogP contribution in [-0.4, -0.2) is 16.5 Å². The molecule has 0 unspecified atom stereocenters. The lowest BCUT2D eigenvalue weighted by Crippen LogP contribution is -2.48. The first-order valence-corrected chi connectivity index (χ1v) is 5.61. The standard InChI is InChI=1S/C13H16O2/c1-12(2,15)13-7-6-9(11(13)14)8-4-3-5-10(8)13/h3,5-10,15H,4H2,1-2H3/t8-,9+,10-,13+/m0/s1. The van der Waals surface area contributed by atoms with Gasteiger partial charge in [-0.25, -0.2) is 0 Å². The van der Waals surface area contributed by atoms with Crippen molar-refractivity contribution in [3.63, 3.8) is 0 Å². The lowest BCUT2D eigenvalue weighted by Gasteiger charge is -2.40. The van der Waals surface area contributed by atoms with E-state index in [9.17, 15) is 9.90 Å². The predicted molar refractivity (Wildman–Crippen MR) is 57.1 cm³/mol. The molecule has 1 saturated carbocycles. The lowest BCUT2D eigenvalue weighted by molar-refractivity contribution is -0.136. The third-order valence-electron chi connectivity index (χ3n) is 4.49. The molecule has 80 valence electrons. The van der Waals surface area contributed by atoms with Crippen molar-refractivity contribution in [3.8, 4) is 0 Å². The van der Waals surface area contributed by atoms with Crippen LogP contribution in [0.15, 0.2) is 24.3 Å². The minimum Gasteiger partial charge on any atom is -0.389 e. The van der Waals surface area contributed by atoms with Crippen molar-refractivity contribution in [1.29, 1.82) is 0 Å². The molecule has 15 heavy (non-hydrogen) atoms.